The minimum Gasteiger partial charge on any atom is -0.373 e. The Morgan fingerprint density at radius 3 is 2.65 bits per heavy atom. The molecule has 0 aliphatic carbocycles. The number of fused-ring (bicyclic) bond motifs is 1. The first-order valence-corrected chi connectivity index (χ1v) is 7.39. The van der Waals surface area contributed by atoms with Crippen LogP contribution in [0.25, 0.3) is 0 Å². The van der Waals surface area contributed by atoms with E-state index < -0.39 is 0 Å². The van der Waals surface area contributed by atoms with E-state index in [0.29, 0.717) is 0 Å². The molecule has 4 heteroatoms. The SMILES string of the molecule is CCCN(CCN(C)C)C(=O)[C@@H]1Cc2ccccc2N1. The number of nitrogens with zero attached hydrogens (tertiary/aromatic N) is 2. The van der Waals surface area contributed by atoms with Crippen molar-refractivity contribution in [3.63, 3.8) is 0 Å². The van der Waals surface area contributed by atoms with Gasteiger partial charge in [0.25, 0.3) is 0 Å². The fourth-order valence-corrected chi connectivity index (χ4v) is 2.59. The van der Waals surface area contributed by atoms with Crippen LogP contribution in [0.15, 0.2) is 24.3 Å². The Hall–Kier alpha value is -1.55. The third-order valence-corrected chi connectivity index (χ3v) is 3.69. The van der Waals surface area contributed by atoms with Crippen molar-refractivity contribution in [2.75, 3.05) is 39.0 Å². The number of carbonyl (C=O) groups is 1. The highest BCUT2D eigenvalue weighted by Gasteiger charge is 2.29. The zero-order chi connectivity index (χ0) is 14.5. The van der Waals surface area contributed by atoms with Crippen molar-refractivity contribution < 1.29 is 4.79 Å². The van der Waals surface area contributed by atoms with Crippen LogP contribution in [0.1, 0.15) is 18.9 Å². The molecule has 0 aromatic heterocycles. The van der Waals surface area contributed by atoms with E-state index in [4.69, 9.17) is 0 Å². The van der Waals surface area contributed by atoms with Gasteiger partial charge in [-0.15, -0.1) is 0 Å². The first-order valence-electron chi connectivity index (χ1n) is 7.39. The summed E-state index contributed by atoms with van der Waals surface area (Å²) >= 11 is 0. The maximum atomic E-state index is 12.7. The summed E-state index contributed by atoms with van der Waals surface area (Å²) in [6.07, 6.45) is 1.80. The Balaban J connectivity index is 1.98. The monoisotopic (exact) mass is 275 g/mol. The predicted molar refractivity (Wildman–Crippen MR) is 83.0 cm³/mol. The Labute approximate surface area is 121 Å². The Bertz CT molecular complexity index is 434. The van der Waals surface area contributed by atoms with Gasteiger partial charge in [0, 0.05) is 31.7 Å². The van der Waals surface area contributed by atoms with Crippen LogP contribution in [0.3, 0.4) is 0 Å². The molecule has 1 aliphatic heterocycles. The van der Waals surface area contributed by atoms with Gasteiger partial charge in [-0.25, -0.2) is 0 Å². The average molecular weight is 275 g/mol. The second kappa shape index (κ2) is 6.75. The van der Waals surface area contributed by atoms with Crippen LogP contribution < -0.4 is 5.32 Å². The quantitative estimate of drug-likeness (QED) is 0.860. The molecular formula is C16H25N3O. The van der Waals surface area contributed by atoms with Crippen molar-refractivity contribution in [2.24, 2.45) is 0 Å². The number of nitrogens with one attached hydrogen (secondary N) is 1. The highest BCUT2D eigenvalue weighted by Crippen LogP contribution is 2.26. The van der Waals surface area contributed by atoms with Gasteiger partial charge in [-0.1, -0.05) is 25.1 Å². The molecule has 1 heterocycles. The lowest BCUT2D eigenvalue weighted by atomic mass is 10.1. The van der Waals surface area contributed by atoms with Gasteiger partial charge >= 0.3 is 0 Å². The van der Waals surface area contributed by atoms with Crippen LogP contribution in [-0.4, -0.2) is 55.5 Å². The molecule has 1 atom stereocenters. The van der Waals surface area contributed by atoms with Gasteiger partial charge in [0.2, 0.25) is 5.91 Å². The summed E-state index contributed by atoms with van der Waals surface area (Å²) in [5, 5.41) is 3.36. The van der Waals surface area contributed by atoms with Crippen LogP contribution in [0.2, 0.25) is 0 Å². The minimum atomic E-state index is -0.0962. The van der Waals surface area contributed by atoms with Gasteiger partial charge in [0.1, 0.15) is 6.04 Å². The molecule has 0 unspecified atom stereocenters. The van der Waals surface area contributed by atoms with Gasteiger partial charge < -0.3 is 15.1 Å². The standard InChI is InChI=1S/C16H25N3O/c1-4-9-19(11-10-18(2)3)16(20)15-12-13-7-5-6-8-14(13)17-15/h5-8,15,17H,4,9-12H2,1-3H3/t15-/m0/s1. The van der Waals surface area contributed by atoms with Crippen LogP contribution in [0, 0.1) is 0 Å². The zero-order valence-corrected chi connectivity index (χ0v) is 12.7. The molecular weight excluding hydrogens is 250 g/mol. The first-order chi connectivity index (χ1) is 9.61. The van der Waals surface area contributed by atoms with Gasteiger partial charge in [-0.3, -0.25) is 4.79 Å². The normalized spacial score (nSPS) is 16.9. The fourth-order valence-electron chi connectivity index (χ4n) is 2.59. The summed E-state index contributed by atoms with van der Waals surface area (Å²) < 4.78 is 0. The first kappa shape index (κ1) is 14.9. The van der Waals surface area contributed by atoms with Crippen LogP contribution in [0.5, 0.6) is 0 Å². The van der Waals surface area contributed by atoms with Crippen molar-refractivity contribution in [3.05, 3.63) is 29.8 Å². The molecule has 0 spiro atoms. The van der Waals surface area contributed by atoms with Crippen molar-refractivity contribution in [1.82, 2.24) is 9.80 Å². The predicted octanol–water partition coefficient (Wildman–Crippen LogP) is 1.82. The molecule has 1 N–H and O–H groups in total. The summed E-state index contributed by atoms with van der Waals surface area (Å²) in [7, 11) is 4.08. The number of anilines is 1. The van der Waals surface area contributed by atoms with E-state index in [-0.39, 0.29) is 11.9 Å². The molecule has 20 heavy (non-hydrogen) atoms. The molecule has 0 bridgehead atoms. The fraction of sp³-hybridized carbons (Fsp3) is 0.562. The third kappa shape index (κ3) is 3.51. The summed E-state index contributed by atoms with van der Waals surface area (Å²) in [6, 6.07) is 8.09. The van der Waals surface area contributed by atoms with Crippen molar-refractivity contribution in [2.45, 2.75) is 25.8 Å². The van der Waals surface area contributed by atoms with Gasteiger partial charge in [0.15, 0.2) is 0 Å². The number of carbonyl (C=O) groups excluding carboxylic acids is 1. The molecule has 110 valence electrons. The van der Waals surface area contributed by atoms with E-state index in [1.165, 1.54) is 5.56 Å². The van der Waals surface area contributed by atoms with Crippen LogP contribution >= 0.6 is 0 Å². The summed E-state index contributed by atoms with van der Waals surface area (Å²) in [4.78, 5) is 16.8. The van der Waals surface area contributed by atoms with Crippen molar-refractivity contribution >= 4 is 11.6 Å². The van der Waals surface area contributed by atoms with Gasteiger partial charge in [0.05, 0.1) is 0 Å². The molecule has 0 saturated heterocycles. The Morgan fingerprint density at radius 1 is 1.25 bits per heavy atom. The number of amides is 1. The lowest BCUT2D eigenvalue weighted by Gasteiger charge is -2.26. The molecule has 0 fully saturated rings. The maximum absolute atomic E-state index is 12.7. The minimum absolute atomic E-state index is 0.0962. The summed E-state index contributed by atoms with van der Waals surface area (Å²) in [5.41, 5.74) is 2.35. The Morgan fingerprint density at radius 2 is 2.00 bits per heavy atom. The molecule has 2 rings (SSSR count). The largest absolute Gasteiger partial charge is 0.373 e. The lowest BCUT2D eigenvalue weighted by molar-refractivity contribution is -0.132. The van der Waals surface area contributed by atoms with E-state index in [1.54, 1.807) is 0 Å². The van der Waals surface area contributed by atoms with Crippen LogP contribution in [0.4, 0.5) is 5.69 Å². The van der Waals surface area contributed by atoms with E-state index >= 15 is 0 Å². The molecule has 0 saturated carbocycles. The molecule has 0 radical (unpaired) electrons. The third-order valence-electron chi connectivity index (χ3n) is 3.69. The molecule has 4 nitrogen and oxygen atoms in total. The smallest absolute Gasteiger partial charge is 0.245 e. The number of hydrogen-bond acceptors (Lipinski definition) is 3. The van der Waals surface area contributed by atoms with Gasteiger partial charge in [-0.2, -0.15) is 0 Å². The number of benzene rings is 1. The summed E-state index contributed by atoms with van der Waals surface area (Å²) in [6.45, 7) is 4.66. The highest BCUT2D eigenvalue weighted by atomic mass is 16.2. The van der Waals surface area contributed by atoms with Crippen LogP contribution in [-0.2, 0) is 11.2 Å². The van der Waals surface area contributed by atoms with Crippen molar-refractivity contribution in [1.29, 1.82) is 0 Å². The number of hydrogen-bond donors (Lipinski definition) is 1. The number of para-hydroxylation sites is 1. The zero-order valence-electron chi connectivity index (χ0n) is 12.7. The Kier molecular flexibility index (Phi) is 5.01. The van der Waals surface area contributed by atoms with Gasteiger partial charge in [-0.05, 0) is 32.1 Å². The van der Waals surface area contributed by atoms with E-state index in [1.807, 2.05) is 37.2 Å². The lowest BCUT2D eigenvalue weighted by Crippen LogP contribution is -2.45. The summed E-state index contributed by atoms with van der Waals surface area (Å²) in [5.74, 6) is 0.227. The molecule has 1 aromatic rings. The second-order valence-electron chi connectivity index (χ2n) is 5.69. The molecule has 1 amide bonds. The van der Waals surface area contributed by atoms with E-state index in [2.05, 4.69) is 23.2 Å². The average Bonchev–Trinajstić information content (AvgIpc) is 2.86. The topological polar surface area (TPSA) is 35.6 Å². The van der Waals surface area contributed by atoms with E-state index in [9.17, 15) is 4.79 Å². The second-order valence-corrected chi connectivity index (χ2v) is 5.69. The molecule has 1 aromatic carbocycles. The highest BCUT2D eigenvalue weighted by molar-refractivity contribution is 5.87. The maximum Gasteiger partial charge on any atom is 0.245 e. The molecule has 1 aliphatic rings. The van der Waals surface area contributed by atoms with E-state index in [0.717, 1.165) is 38.2 Å². The number of likely N-dealkylation sites (N-methyl/N-ethyl adjacent to an activating group) is 1. The number of rotatable bonds is 6. The van der Waals surface area contributed by atoms with Crippen molar-refractivity contribution in [3.8, 4) is 0 Å².